The molecule has 2 nitrogen and oxygen atoms in total. The SMILES string of the molecule is C=CCCCCC(=O)OC=CCC(C)Cl. The molecule has 15 heavy (non-hydrogen) atoms. The van der Waals surface area contributed by atoms with Crippen molar-refractivity contribution in [2.24, 2.45) is 0 Å². The van der Waals surface area contributed by atoms with Crippen LogP contribution >= 0.6 is 11.6 Å². The first-order valence-electron chi connectivity index (χ1n) is 5.26. The summed E-state index contributed by atoms with van der Waals surface area (Å²) in [5.41, 5.74) is 0. The third-order valence-corrected chi connectivity index (χ3v) is 1.97. The fourth-order valence-corrected chi connectivity index (χ4v) is 1.09. The molecule has 0 aliphatic carbocycles. The smallest absolute Gasteiger partial charge is 0.310 e. The van der Waals surface area contributed by atoms with Gasteiger partial charge in [0.05, 0.1) is 6.26 Å². The second-order valence-corrected chi connectivity index (χ2v) is 4.16. The lowest BCUT2D eigenvalue weighted by Gasteiger charge is -1.99. The van der Waals surface area contributed by atoms with Crippen LogP contribution in [0.1, 0.15) is 39.0 Å². The van der Waals surface area contributed by atoms with E-state index in [1.807, 2.05) is 13.0 Å². The van der Waals surface area contributed by atoms with Crippen LogP contribution in [0, 0.1) is 0 Å². The van der Waals surface area contributed by atoms with Crippen molar-refractivity contribution < 1.29 is 9.53 Å². The molecule has 86 valence electrons. The van der Waals surface area contributed by atoms with Gasteiger partial charge in [0.2, 0.25) is 0 Å². The van der Waals surface area contributed by atoms with Gasteiger partial charge in [0, 0.05) is 11.8 Å². The summed E-state index contributed by atoms with van der Waals surface area (Å²) < 4.78 is 4.87. The number of carbonyl (C=O) groups is 1. The Bertz CT molecular complexity index is 210. The highest BCUT2D eigenvalue weighted by molar-refractivity contribution is 6.20. The molecule has 0 bridgehead atoms. The molecule has 0 N–H and O–H groups in total. The van der Waals surface area contributed by atoms with Gasteiger partial charge in [0.25, 0.3) is 0 Å². The topological polar surface area (TPSA) is 26.3 Å². The molecule has 0 aromatic carbocycles. The maximum absolute atomic E-state index is 11.1. The van der Waals surface area contributed by atoms with Gasteiger partial charge < -0.3 is 4.74 Å². The van der Waals surface area contributed by atoms with E-state index in [1.165, 1.54) is 6.26 Å². The molecule has 1 unspecified atom stereocenters. The maximum atomic E-state index is 11.1. The fraction of sp³-hybridized carbons (Fsp3) is 0.583. The van der Waals surface area contributed by atoms with Crippen LogP contribution in [0.2, 0.25) is 0 Å². The average Bonchev–Trinajstić information content (AvgIpc) is 2.19. The van der Waals surface area contributed by atoms with Crippen molar-refractivity contribution in [3.8, 4) is 0 Å². The van der Waals surface area contributed by atoms with E-state index >= 15 is 0 Å². The van der Waals surface area contributed by atoms with E-state index in [1.54, 1.807) is 6.08 Å². The Morgan fingerprint density at radius 1 is 1.53 bits per heavy atom. The van der Waals surface area contributed by atoms with E-state index in [2.05, 4.69) is 6.58 Å². The first-order chi connectivity index (χ1) is 7.16. The molecule has 0 aliphatic rings. The van der Waals surface area contributed by atoms with E-state index in [9.17, 15) is 4.79 Å². The number of halogens is 1. The molecular formula is C12H19ClO2. The van der Waals surface area contributed by atoms with Gasteiger partial charge in [0.15, 0.2) is 0 Å². The zero-order chi connectivity index (χ0) is 11.5. The van der Waals surface area contributed by atoms with Crippen LogP contribution in [0.5, 0.6) is 0 Å². The summed E-state index contributed by atoms with van der Waals surface area (Å²) in [4.78, 5) is 11.1. The Hall–Kier alpha value is -0.760. The van der Waals surface area contributed by atoms with E-state index in [-0.39, 0.29) is 11.3 Å². The zero-order valence-corrected chi connectivity index (χ0v) is 10.0. The highest BCUT2D eigenvalue weighted by Gasteiger charge is 1.99. The zero-order valence-electron chi connectivity index (χ0n) is 9.25. The van der Waals surface area contributed by atoms with Crippen LogP contribution in [0.3, 0.4) is 0 Å². The lowest BCUT2D eigenvalue weighted by Crippen LogP contribution is -1.99. The third kappa shape index (κ3) is 11.2. The van der Waals surface area contributed by atoms with E-state index in [4.69, 9.17) is 16.3 Å². The molecule has 0 spiro atoms. The second-order valence-electron chi connectivity index (χ2n) is 3.41. The van der Waals surface area contributed by atoms with Crippen LogP contribution in [0.15, 0.2) is 25.0 Å². The minimum atomic E-state index is -0.183. The van der Waals surface area contributed by atoms with Gasteiger partial charge in [0.1, 0.15) is 0 Å². The summed E-state index contributed by atoms with van der Waals surface area (Å²) in [5.74, 6) is -0.183. The molecular weight excluding hydrogens is 212 g/mol. The number of carbonyl (C=O) groups excluding carboxylic acids is 1. The number of hydrogen-bond acceptors (Lipinski definition) is 2. The number of esters is 1. The highest BCUT2D eigenvalue weighted by Crippen LogP contribution is 2.03. The quantitative estimate of drug-likeness (QED) is 0.208. The molecule has 0 amide bonds. The van der Waals surface area contributed by atoms with Gasteiger partial charge in [-0.1, -0.05) is 6.08 Å². The lowest BCUT2D eigenvalue weighted by atomic mass is 10.2. The molecule has 0 aromatic rings. The van der Waals surface area contributed by atoms with Crippen molar-refractivity contribution in [1.29, 1.82) is 0 Å². The van der Waals surface area contributed by atoms with Gasteiger partial charge in [-0.2, -0.15) is 0 Å². The predicted molar refractivity (Wildman–Crippen MR) is 63.8 cm³/mol. The molecule has 0 radical (unpaired) electrons. The molecule has 0 fully saturated rings. The van der Waals surface area contributed by atoms with Gasteiger partial charge in [-0.15, -0.1) is 18.2 Å². The number of alkyl halides is 1. The van der Waals surface area contributed by atoms with Crippen molar-refractivity contribution in [3.63, 3.8) is 0 Å². The minimum absolute atomic E-state index is 0.0764. The standard InChI is InChI=1S/C12H19ClO2/c1-3-4-5-6-9-12(14)15-10-7-8-11(2)13/h3,7,10-11H,1,4-6,8-9H2,2H3. The number of unbranched alkanes of at least 4 members (excludes halogenated alkanes) is 2. The van der Waals surface area contributed by atoms with Crippen molar-refractivity contribution in [1.82, 2.24) is 0 Å². The highest BCUT2D eigenvalue weighted by atomic mass is 35.5. The average molecular weight is 231 g/mol. The molecule has 0 aromatic heterocycles. The van der Waals surface area contributed by atoms with Crippen LogP contribution in [-0.2, 0) is 9.53 Å². The van der Waals surface area contributed by atoms with E-state index < -0.39 is 0 Å². The fourth-order valence-electron chi connectivity index (χ4n) is 0.984. The molecule has 3 heteroatoms. The lowest BCUT2D eigenvalue weighted by molar-refractivity contribution is -0.138. The van der Waals surface area contributed by atoms with Crippen LogP contribution in [0.4, 0.5) is 0 Å². The largest absolute Gasteiger partial charge is 0.435 e. The Labute approximate surface area is 97.0 Å². The number of ether oxygens (including phenoxy) is 1. The predicted octanol–water partition coefficient (Wildman–Crippen LogP) is 3.81. The van der Waals surface area contributed by atoms with Gasteiger partial charge >= 0.3 is 5.97 Å². The molecule has 0 saturated carbocycles. The Morgan fingerprint density at radius 2 is 2.27 bits per heavy atom. The second kappa shape index (κ2) is 9.78. The molecule has 0 saturated heterocycles. The third-order valence-electron chi connectivity index (χ3n) is 1.80. The summed E-state index contributed by atoms with van der Waals surface area (Å²) in [6, 6.07) is 0. The number of hydrogen-bond donors (Lipinski definition) is 0. The van der Waals surface area contributed by atoms with Crippen molar-refractivity contribution >= 4 is 17.6 Å². The minimum Gasteiger partial charge on any atom is -0.435 e. The number of rotatable bonds is 8. The first kappa shape index (κ1) is 14.2. The maximum Gasteiger partial charge on any atom is 0.310 e. The molecule has 0 aliphatic heterocycles. The summed E-state index contributed by atoms with van der Waals surface area (Å²) >= 11 is 5.71. The van der Waals surface area contributed by atoms with Crippen LogP contribution in [-0.4, -0.2) is 11.3 Å². The van der Waals surface area contributed by atoms with Gasteiger partial charge in [-0.3, -0.25) is 4.79 Å². The summed E-state index contributed by atoms with van der Waals surface area (Å²) in [6.07, 6.45) is 9.01. The van der Waals surface area contributed by atoms with Gasteiger partial charge in [-0.05, 0) is 38.7 Å². The van der Waals surface area contributed by atoms with Crippen molar-refractivity contribution in [2.45, 2.75) is 44.4 Å². The van der Waals surface area contributed by atoms with E-state index in [0.29, 0.717) is 12.8 Å². The monoisotopic (exact) mass is 230 g/mol. The Balaban J connectivity index is 3.40. The molecule has 0 rings (SSSR count). The molecule has 1 atom stereocenters. The van der Waals surface area contributed by atoms with Crippen LogP contribution in [0.25, 0.3) is 0 Å². The van der Waals surface area contributed by atoms with Crippen molar-refractivity contribution in [3.05, 3.63) is 25.0 Å². The Kier molecular flexibility index (Phi) is 9.29. The molecule has 0 heterocycles. The normalized spacial score (nSPS) is 12.7. The first-order valence-corrected chi connectivity index (χ1v) is 5.70. The Morgan fingerprint density at radius 3 is 2.87 bits per heavy atom. The van der Waals surface area contributed by atoms with Gasteiger partial charge in [-0.25, -0.2) is 0 Å². The summed E-state index contributed by atoms with van der Waals surface area (Å²) in [7, 11) is 0. The number of allylic oxidation sites excluding steroid dienone is 2. The van der Waals surface area contributed by atoms with Crippen LogP contribution < -0.4 is 0 Å². The van der Waals surface area contributed by atoms with Crippen molar-refractivity contribution in [2.75, 3.05) is 0 Å². The summed E-state index contributed by atoms with van der Waals surface area (Å²) in [5, 5.41) is 0.0764. The summed E-state index contributed by atoms with van der Waals surface area (Å²) in [6.45, 7) is 5.51. The van der Waals surface area contributed by atoms with E-state index in [0.717, 1.165) is 19.3 Å².